The summed E-state index contributed by atoms with van der Waals surface area (Å²) in [6.45, 7) is 0.588. The van der Waals surface area contributed by atoms with Crippen molar-refractivity contribution in [1.82, 2.24) is 0 Å². The monoisotopic (exact) mass is 543 g/mol. The molecule has 7 N–H and O–H groups in total. The Labute approximate surface area is 222 Å². The minimum Gasteiger partial charge on any atom is -0.507 e. The van der Waals surface area contributed by atoms with E-state index in [-0.39, 0.29) is 40.8 Å². The minimum atomic E-state index is -2.05. The maximum Gasteiger partial charge on any atom is 0.202 e. The molecule has 0 radical (unpaired) electrons. The van der Waals surface area contributed by atoms with Gasteiger partial charge in [0.2, 0.25) is 5.78 Å². The Morgan fingerprint density at radius 3 is 2.49 bits per heavy atom. The number of aliphatic hydroxyl groups excluding tert-OH is 2. The van der Waals surface area contributed by atoms with Crippen LogP contribution in [-0.2, 0) is 20.7 Å². The number of phenols is 2. The summed E-state index contributed by atoms with van der Waals surface area (Å²) < 4.78 is 16.9. The molecular formula is C27H29NO11. The van der Waals surface area contributed by atoms with E-state index in [2.05, 4.69) is 0 Å². The maximum absolute atomic E-state index is 13.6. The first-order chi connectivity index (χ1) is 18.4. The molecule has 208 valence electrons. The van der Waals surface area contributed by atoms with E-state index in [1.54, 1.807) is 0 Å². The molecule has 0 amide bonds. The highest BCUT2D eigenvalue weighted by molar-refractivity contribution is 6.31. The number of fused-ring (bicyclic) bond motifs is 3. The van der Waals surface area contributed by atoms with Crippen molar-refractivity contribution in [2.24, 2.45) is 5.73 Å². The van der Waals surface area contributed by atoms with Crippen LogP contribution in [0.3, 0.4) is 0 Å². The molecule has 12 nitrogen and oxygen atoms in total. The molecule has 2 aliphatic carbocycles. The van der Waals surface area contributed by atoms with Gasteiger partial charge in [-0.1, -0.05) is 12.1 Å². The highest BCUT2D eigenvalue weighted by Crippen LogP contribution is 2.52. The number of carbonyl (C=O) groups is 3. The Morgan fingerprint density at radius 1 is 1.15 bits per heavy atom. The summed E-state index contributed by atoms with van der Waals surface area (Å²) in [5.41, 5.74) is 2.67. The van der Waals surface area contributed by atoms with Gasteiger partial charge >= 0.3 is 0 Å². The smallest absolute Gasteiger partial charge is 0.202 e. The van der Waals surface area contributed by atoms with Crippen molar-refractivity contribution >= 4 is 17.3 Å². The Kier molecular flexibility index (Phi) is 6.74. The second-order valence-electron chi connectivity index (χ2n) is 10.2. The molecule has 12 heteroatoms. The normalized spacial score (nSPS) is 29.8. The molecule has 6 atom stereocenters. The predicted octanol–water partition coefficient (Wildman–Crippen LogP) is 0.00130. The Balaban J connectivity index is 1.67. The van der Waals surface area contributed by atoms with Crippen LogP contribution >= 0.6 is 0 Å². The van der Waals surface area contributed by atoms with Crippen molar-refractivity contribution in [1.29, 1.82) is 0 Å². The number of ketones is 3. The minimum absolute atomic E-state index is 0.0369. The van der Waals surface area contributed by atoms with Gasteiger partial charge in [0.05, 0.1) is 42.6 Å². The van der Waals surface area contributed by atoms with E-state index in [0.29, 0.717) is 0 Å². The van der Waals surface area contributed by atoms with E-state index < -0.39 is 89.2 Å². The van der Waals surface area contributed by atoms with Gasteiger partial charge < -0.3 is 45.5 Å². The standard InChI is InChI=1S/C27H29NO11/c1-10(30)27(36)7-12-19(15(8-27)38-17-6-13(28)24(33)16(9-29)39-17)26(35)21-20(23(12)32)22(31)11-4-3-5-14(37-2)18(11)25(21)34/h3-5,13,15-17,24,29,32-33,35-36H,6-9,28H2,1-2H3/t13-,15-,16-,17-,24+,27-/m0/s1. The van der Waals surface area contributed by atoms with Gasteiger partial charge in [-0.2, -0.15) is 0 Å². The molecule has 1 fully saturated rings. The zero-order valence-corrected chi connectivity index (χ0v) is 21.2. The van der Waals surface area contributed by atoms with Crippen LogP contribution in [0.5, 0.6) is 17.2 Å². The lowest BCUT2D eigenvalue weighted by molar-refractivity contribution is -0.256. The van der Waals surface area contributed by atoms with Crippen molar-refractivity contribution in [3.63, 3.8) is 0 Å². The molecule has 0 aromatic heterocycles. The van der Waals surface area contributed by atoms with Crippen LogP contribution in [0.1, 0.15) is 68.8 Å². The third-order valence-corrected chi connectivity index (χ3v) is 7.84. The number of hydrogen-bond donors (Lipinski definition) is 6. The number of nitrogens with two attached hydrogens (primary N) is 1. The van der Waals surface area contributed by atoms with Crippen molar-refractivity contribution in [3.05, 3.63) is 51.6 Å². The molecule has 39 heavy (non-hydrogen) atoms. The topological polar surface area (TPSA) is 206 Å². The van der Waals surface area contributed by atoms with E-state index >= 15 is 0 Å². The summed E-state index contributed by atoms with van der Waals surface area (Å²) in [6.07, 6.45) is -5.60. The predicted molar refractivity (Wildman–Crippen MR) is 132 cm³/mol. The van der Waals surface area contributed by atoms with Gasteiger partial charge in [0.1, 0.15) is 29.0 Å². The van der Waals surface area contributed by atoms with Crippen molar-refractivity contribution in [2.45, 2.75) is 62.4 Å². The zero-order chi connectivity index (χ0) is 28.4. The summed E-state index contributed by atoms with van der Waals surface area (Å²) in [4.78, 5) is 39.6. The summed E-state index contributed by atoms with van der Waals surface area (Å²) in [7, 11) is 1.32. The molecule has 0 unspecified atom stereocenters. The molecule has 1 saturated heterocycles. The first kappa shape index (κ1) is 27.2. The summed E-state index contributed by atoms with van der Waals surface area (Å²) >= 11 is 0. The van der Waals surface area contributed by atoms with Gasteiger partial charge in [-0.05, 0) is 13.0 Å². The molecule has 0 saturated carbocycles. The van der Waals surface area contributed by atoms with Gasteiger partial charge in [-0.15, -0.1) is 0 Å². The molecule has 2 aromatic carbocycles. The second-order valence-corrected chi connectivity index (χ2v) is 10.2. The summed E-state index contributed by atoms with van der Waals surface area (Å²) in [5, 5.41) is 53.7. The van der Waals surface area contributed by atoms with Gasteiger partial charge in [-0.25, -0.2) is 0 Å². The SMILES string of the molecule is COc1cccc2c1C(=O)c1c(O)c3c(c(O)c1C2=O)C[C@@](O)(C(C)=O)C[C@@H]3O[C@@H]1C[C@H](N)[C@@H](O)[C@H](CO)O1. The van der Waals surface area contributed by atoms with E-state index in [9.17, 15) is 39.9 Å². The average molecular weight is 544 g/mol. The molecule has 1 heterocycles. The van der Waals surface area contributed by atoms with Crippen LogP contribution in [0.25, 0.3) is 0 Å². The van der Waals surface area contributed by atoms with Crippen molar-refractivity contribution in [2.75, 3.05) is 13.7 Å². The van der Waals surface area contributed by atoms with E-state index in [1.807, 2.05) is 0 Å². The number of hydrogen-bond acceptors (Lipinski definition) is 12. The molecule has 2 aromatic rings. The highest BCUT2D eigenvalue weighted by Gasteiger charge is 2.49. The Hall–Kier alpha value is -3.39. The van der Waals surface area contributed by atoms with Crippen molar-refractivity contribution in [3.8, 4) is 17.2 Å². The van der Waals surface area contributed by atoms with Crippen LogP contribution in [0.2, 0.25) is 0 Å². The molecule has 0 bridgehead atoms. The van der Waals surface area contributed by atoms with Crippen LogP contribution in [-0.4, -0.2) is 86.7 Å². The van der Waals surface area contributed by atoms with Crippen LogP contribution < -0.4 is 10.5 Å². The number of methoxy groups -OCH3 is 1. The number of phenolic OH excluding ortho intramolecular Hbond substituents is 2. The quantitative estimate of drug-likeness (QED) is 0.235. The number of benzene rings is 2. The largest absolute Gasteiger partial charge is 0.507 e. The number of carbonyl (C=O) groups excluding carboxylic acids is 3. The average Bonchev–Trinajstić information content (AvgIpc) is 2.90. The first-order valence-electron chi connectivity index (χ1n) is 12.4. The fourth-order valence-corrected chi connectivity index (χ4v) is 5.69. The maximum atomic E-state index is 13.6. The zero-order valence-electron chi connectivity index (χ0n) is 21.2. The third-order valence-electron chi connectivity index (χ3n) is 7.84. The molecule has 3 aliphatic rings. The van der Waals surface area contributed by atoms with E-state index in [4.69, 9.17) is 19.9 Å². The van der Waals surface area contributed by atoms with Crippen LogP contribution in [0.4, 0.5) is 0 Å². The number of Topliss-reactive ketones (excluding diaryl/α,β-unsaturated/α-hetero) is 1. The van der Waals surface area contributed by atoms with Gasteiger partial charge in [0.25, 0.3) is 0 Å². The van der Waals surface area contributed by atoms with Crippen LogP contribution in [0, 0.1) is 0 Å². The van der Waals surface area contributed by atoms with Crippen molar-refractivity contribution < 1.29 is 54.1 Å². The lowest BCUT2D eigenvalue weighted by Crippen LogP contribution is -2.54. The fourth-order valence-electron chi connectivity index (χ4n) is 5.69. The summed E-state index contributed by atoms with van der Waals surface area (Å²) in [5.74, 6) is -3.38. The number of ether oxygens (including phenoxy) is 3. The molecule has 0 spiro atoms. The lowest BCUT2D eigenvalue weighted by Gasteiger charge is -2.42. The van der Waals surface area contributed by atoms with Gasteiger partial charge in [0.15, 0.2) is 17.9 Å². The summed E-state index contributed by atoms with van der Waals surface area (Å²) in [6, 6.07) is 3.54. The van der Waals surface area contributed by atoms with Crippen LogP contribution in [0.15, 0.2) is 18.2 Å². The highest BCUT2D eigenvalue weighted by atomic mass is 16.7. The van der Waals surface area contributed by atoms with Gasteiger partial charge in [-0.3, -0.25) is 14.4 Å². The molecule has 5 rings (SSSR count). The van der Waals surface area contributed by atoms with E-state index in [0.717, 1.165) is 6.92 Å². The second kappa shape index (κ2) is 9.66. The Morgan fingerprint density at radius 2 is 1.85 bits per heavy atom. The number of aliphatic hydroxyl groups is 3. The number of aromatic hydroxyl groups is 2. The number of rotatable bonds is 5. The molecular weight excluding hydrogens is 514 g/mol. The van der Waals surface area contributed by atoms with Gasteiger partial charge in [0, 0.05) is 42.0 Å². The fraction of sp³-hybridized carbons (Fsp3) is 0.444. The molecule has 1 aliphatic heterocycles. The first-order valence-corrected chi connectivity index (χ1v) is 12.4. The van der Waals surface area contributed by atoms with E-state index in [1.165, 1.54) is 25.3 Å². The lowest BCUT2D eigenvalue weighted by atomic mass is 9.72. The Bertz CT molecular complexity index is 1390. The third kappa shape index (κ3) is 4.11.